The number of allylic oxidation sites excluding steroid dienone is 2. The van der Waals surface area contributed by atoms with E-state index in [2.05, 4.69) is 24.3 Å². The average Bonchev–Trinajstić information content (AvgIpc) is 3.77. The minimum atomic E-state index is -1.20. The lowest BCUT2D eigenvalue weighted by atomic mass is 9.87. The number of aromatic nitrogens is 2. The number of aliphatic carboxylic acids is 1. The standard InChI is InChI=1S/C44H53N5O8S/c1-26(2)45-42-47-36(24-58-42)34-19-32(31-16-15-30(55-3)18-33(31)46-34)35-21-43(57-48-35)22-37-38(50)23-44(41(53)54)20-28(44)12-8-6-4-5-7-11-27(40(52)49(37)25-43)17-39(51)56-29-13-9-10-14-29/h8,12,15-16,18-19,24,26-29,37H,4-7,9-11,13-14,17,20-23,25H2,1-3H3,(H,45,47)(H,53,54)/b12-8-/t27?,28-,37-,43?,44+/m0/s1. The predicted molar refractivity (Wildman–Crippen MR) is 220 cm³/mol. The van der Waals surface area contributed by atoms with Gasteiger partial charge in [0.15, 0.2) is 16.5 Å². The van der Waals surface area contributed by atoms with Crippen molar-refractivity contribution in [3.05, 3.63) is 47.4 Å². The maximum absolute atomic E-state index is 14.8. The van der Waals surface area contributed by atoms with Gasteiger partial charge in [-0.1, -0.05) is 30.1 Å². The van der Waals surface area contributed by atoms with Crippen LogP contribution in [-0.2, 0) is 28.8 Å². The SMILES string of the molecule is COc1ccc2c(C3=NOC4(C3)C[C@H]3C(=O)C[C@]5(C(=O)O)C[C@@H]5/C=C\CCCCCC(CC(=O)OC5CCCC5)C(=O)N3C4)cc(-c3csc(NC(C)C)n3)nc2c1. The number of esters is 1. The molecule has 5 heterocycles. The zero-order chi connectivity index (χ0) is 40.6. The number of hydrogen-bond acceptors (Lipinski definition) is 12. The summed E-state index contributed by atoms with van der Waals surface area (Å²) in [6, 6.07) is 6.91. The van der Waals surface area contributed by atoms with Crippen LogP contribution in [0.1, 0.15) is 109 Å². The third-order valence-corrected chi connectivity index (χ3v) is 13.4. The van der Waals surface area contributed by atoms with E-state index in [-0.39, 0.29) is 61.5 Å². The van der Waals surface area contributed by atoms with E-state index in [9.17, 15) is 24.3 Å². The number of benzene rings is 1. The van der Waals surface area contributed by atoms with E-state index < -0.39 is 28.9 Å². The van der Waals surface area contributed by atoms with Crippen molar-refractivity contribution in [1.29, 1.82) is 0 Å². The van der Waals surface area contributed by atoms with Crippen LogP contribution >= 0.6 is 11.3 Å². The number of fused-ring (bicyclic) bond motifs is 3. The maximum Gasteiger partial charge on any atom is 0.310 e. The number of amides is 1. The van der Waals surface area contributed by atoms with Crippen LogP contribution in [0.2, 0.25) is 0 Å². The number of pyridine rings is 1. The van der Waals surface area contributed by atoms with E-state index >= 15 is 0 Å². The molecule has 2 aliphatic carbocycles. The van der Waals surface area contributed by atoms with E-state index in [4.69, 9.17) is 24.3 Å². The number of carboxylic acids is 1. The molecule has 1 amide bonds. The van der Waals surface area contributed by atoms with Crippen LogP contribution < -0.4 is 10.1 Å². The number of anilines is 1. The number of thiazole rings is 1. The lowest BCUT2D eigenvalue weighted by Gasteiger charge is -2.29. The quantitative estimate of drug-likeness (QED) is 0.160. The molecule has 14 heteroatoms. The van der Waals surface area contributed by atoms with Gasteiger partial charge in [0, 0.05) is 53.6 Å². The Morgan fingerprint density at radius 3 is 2.62 bits per heavy atom. The number of methoxy groups -OCH3 is 1. The Morgan fingerprint density at radius 2 is 1.84 bits per heavy atom. The Kier molecular flexibility index (Phi) is 11.3. The molecule has 3 aliphatic heterocycles. The Hall–Kier alpha value is -4.85. The summed E-state index contributed by atoms with van der Waals surface area (Å²) in [6.45, 7) is 4.19. The summed E-state index contributed by atoms with van der Waals surface area (Å²) in [5, 5.41) is 22.0. The second kappa shape index (κ2) is 16.4. The summed E-state index contributed by atoms with van der Waals surface area (Å²) in [6.07, 6.45) is 11.9. The zero-order valence-corrected chi connectivity index (χ0v) is 34.4. The molecule has 2 saturated carbocycles. The number of carbonyl (C=O) groups is 4. The van der Waals surface area contributed by atoms with Gasteiger partial charge < -0.3 is 29.6 Å². The van der Waals surface area contributed by atoms with Crippen molar-refractivity contribution in [1.82, 2.24) is 14.9 Å². The summed E-state index contributed by atoms with van der Waals surface area (Å²) in [5.74, 6) is -2.25. The molecule has 2 N–H and O–H groups in total. The van der Waals surface area contributed by atoms with Gasteiger partial charge in [-0.25, -0.2) is 9.97 Å². The number of nitrogens with zero attached hydrogens (tertiary/aromatic N) is 4. The zero-order valence-electron chi connectivity index (χ0n) is 33.5. The fraction of sp³-hybridized carbons (Fsp3) is 0.568. The van der Waals surface area contributed by atoms with Gasteiger partial charge in [-0.05, 0) is 89.3 Å². The van der Waals surface area contributed by atoms with Gasteiger partial charge in [0.25, 0.3) is 0 Å². The Labute approximate surface area is 342 Å². The molecular formula is C44H53N5O8S. The Morgan fingerprint density at radius 1 is 1.03 bits per heavy atom. The first-order valence-corrected chi connectivity index (χ1v) is 21.7. The molecule has 58 heavy (non-hydrogen) atoms. The van der Waals surface area contributed by atoms with Gasteiger partial charge in [-0.3, -0.25) is 19.2 Å². The van der Waals surface area contributed by atoms with Crippen molar-refractivity contribution in [3.8, 4) is 17.1 Å². The van der Waals surface area contributed by atoms with Crippen LogP contribution in [0.5, 0.6) is 5.75 Å². The van der Waals surface area contributed by atoms with Crippen LogP contribution in [0.15, 0.2) is 47.0 Å². The minimum Gasteiger partial charge on any atom is -0.497 e. The lowest BCUT2D eigenvalue weighted by Crippen LogP contribution is -2.45. The number of carbonyl (C=O) groups excluding carboxylic acids is 3. The number of hydrogen-bond donors (Lipinski definition) is 2. The van der Waals surface area contributed by atoms with Gasteiger partial charge in [0.2, 0.25) is 5.91 Å². The first-order valence-electron chi connectivity index (χ1n) is 20.9. The second-order valence-electron chi connectivity index (χ2n) is 17.2. The molecule has 5 aliphatic rings. The van der Waals surface area contributed by atoms with E-state index in [1.807, 2.05) is 41.8 Å². The first-order chi connectivity index (χ1) is 28.0. The highest BCUT2D eigenvalue weighted by molar-refractivity contribution is 7.14. The monoisotopic (exact) mass is 811 g/mol. The Bertz CT molecular complexity index is 2140. The molecule has 2 aromatic heterocycles. The predicted octanol–water partition coefficient (Wildman–Crippen LogP) is 7.71. The number of ketones is 1. The highest BCUT2D eigenvalue weighted by Crippen LogP contribution is 2.57. The lowest BCUT2D eigenvalue weighted by molar-refractivity contribution is -0.154. The average molecular weight is 812 g/mol. The van der Waals surface area contributed by atoms with Gasteiger partial charge in [0.05, 0.1) is 48.5 Å². The van der Waals surface area contributed by atoms with E-state index in [1.54, 1.807) is 12.0 Å². The highest BCUT2D eigenvalue weighted by atomic mass is 32.1. The van der Waals surface area contributed by atoms with Gasteiger partial charge >= 0.3 is 11.9 Å². The van der Waals surface area contributed by atoms with Crippen LogP contribution in [0, 0.1) is 17.3 Å². The summed E-state index contributed by atoms with van der Waals surface area (Å²) in [7, 11) is 1.61. The van der Waals surface area contributed by atoms with Crippen molar-refractivity contribution < 1.29 is 38.6 Å². The number of nitrogens with one attached hydrogen (secondary N) is 1. The number of rotatable bonds is 9. The molecule has 3 fully saturated rings. The van der Waals surface area contributed by atoms with Crippen LogP contribution in [0.4, 0.5) is 5.13 Å². The summed E-state index contributed by atoms with van der Waals surface area (Å²) >= 11 is 1.50. The summed E-state index contributed by atoms with van der Waals surface area (Å²) in [5.41, 5.74) is 1.23. The van der Waals surface area contributed by atoms with Crippen LogP contribution in [0.3, 0.4) is 0 Å². The topological polar surface area (TPSA) is 170 Å². The third-order valence-electron chi connectivity index (χ3n) is 12.6. The van der Waals surface area contributed by atoms with Gasteiger partial charge in [-0.2, -0.15) is 0 Å². The smallest absolute Gasteiger partial charge is 0.310 e. The minimum absolute atomic E-state index is 0.0658. The highest BCUT2D eigenvalue weighted by Gasteiger charge is 2.62. The number of oxime groups is 1. The van der Waals surface area contributed by atoms with E-state index in [0.29, 0.717) is 47.6 Å². The molecule has 8 rings (SSSR count). The van der Waals surface area contributed by atoms with Gasteiger partial charge in [-0.15, -0.1) is 11.3 Å². The summed E-state index contributed by atoms with van der Waals surface area (Å²) < 4.78 is 11.4. The van der Waals surface area contributed by atoms with Crippen molar-refractivity contribution in [2.24, 2.45) is 22.4 Å². The fourth-order valence-corrected chi connectivity index (χ4v) is 10.2. The second-order valence-corrected chi connectivity index (χ2v) is 18.1. The maximum atomic E-state index is 14.8. The van der Waals surface area contributed by atoms with Gasteiger partial charge in [0.1, 0.15) is 17.5 Å². The number of ether oxygens (including phenoxy) is 2. The molecule has 1 saturated heterocycles. The molecule has 3 aromatic rings. The molecule has 308 valence electrons. The number of Topliss-reactive ketones (excluding diaryl/α,β-unsaturated/α-hetero) is 1. The Balaban J connectivity index is 1.11. The van der Waals surface area contributed by atoms with Crippen molar-refractivity contribution in [2.75, 3.05) is 19.0 Å². The van der Waals surface area contributed by atoms with E-state index in [0.717, 1.165) is 67.4 Å². The normalized spacial score (nSPS) is 28.4. The summed E-state index contributed by atoms with van der Waals surface area (Å²) in [4.78, 5) is 73.1. The molecule has 13 nitrogen and oxygen atoms in total. The first kappa shape index (κ1) is 40.0. The fourth-order valence-electron chi connectivity index (χ4n) is 9.36. The van der Waals surface area contributed by atoms with Crippen molar-refractivity contribution in [2.45, 2.75) is 128 Å². The molecule has 0 bridgehead atoms. The molecule has 0 radical (unpaired) electrons. The largest absolute Gasteiger partial charge is 0.497 e. The molecule has 1 aromatic carbocycles. The van der Waals surface area contributed by atoms with Crippen LogP contribution in [0.25, 0.3) is 22.3 Å². The molecule has 1 spiro atoms. The van der Waals surface area contributed by atoms with Crippen molar-refractivity contribution >= 4 is 56.7 Å². The van der Waals surface area contributed by atoms with E-state index in [1.165, 1.54) is 11.3 Å². The van der Waals surface area contributed by atoms with Crippen LogP contribution in [-0.4, -0.2) is 86.8 Å². The molecule has 5 atom stereocenters. The van der Waals surface area contributed by atoms with Crippen molar-refractivity contribution in [3.63, 3.8) is 0 Å². The third kappa shape index (κ3) is 8.21. The molecule has 2 unspecified atom stereocenters. The molecular weight excluding hydrogens is 759 g/mol. The number of carboxylic acid groups (broad SMARTS) is 1.